The van der Waals surface area contributed by atoms with Crippen molar-refractivity contribution >= 4 is 27.0 Å². The smallest absolute Gasteiger partial charge is 0.117 e. The maximum atomic E-state index is 9.77. The SMILES string of the molecule is Cc1c(Br)ccc2c1nnn2CC(C)(C)O. The lowest BCUT2D eigenvalue weighted by Crippen LogP contribution is -2.26. The van der Waals surface area contributed by atoms with Crippen LogP contribution in [0.1, 0.15) is 19.4 Å². The number of aryl methyl sites for hydroxylation is 1. The van der Waals surface area contributed by atoms with Crippen LogP contribution >= 0.6 is 15.9 Å². The van der Waals surface area contributed by atoms with Gasteiger partial charge >= 0.3 is 0 Å². The van der Waals surface area contributed by atoms with Crippen LogP contribution in [0.4, 0.5) is 0 Å². The molecule has 0 aliphatic heterocycles. The third-order valence-corrected chi connectivity index (χ3v) is 3.27. The number of aliphatic hydroxyl groups is 1. The number of rotatable bonds is 2. The Hall–Kier alpha value is -0.940. The molecular weight excluding hydrogens is 270 g/mol. The molecule has 0 saturated carbocycles. The summed E-state index contributed by atoms with van der Waals surface area (Å²) >= 11 is 3.46. The van der Waals surface area contributed by atoms with Crippen molar-refractivity contribution < 1.29 is 5.11 Å². The Morgan fingerprint density at radius 2 is 2.12 bits per heavy atom. The second kappa shape index (κ2) is 3.82. The van der Waals surface area contributed by atoms with E-state index in [2.05, 4.69) is 26.2 Å². The van der Waals surface area contributed by atoms with E-state index in [1.165, 1.54) is 0 Å². The molecule has 5 heteroatoms. The molecule has 0 spiro atoms. The highest BCUT2D eigenvalue weighted by Gasteiger charge is 2.17. The standard InChI is InChI=1S/C11H14BrN3O/c1-7-8(12)4-5-9-10(7)13-14-15(9)6-11(2,3)16/h4-5,16H,6H2,1-3H3. The van der Waals surface area contributed by atoms with Gasteiger partial charge in [-0.1, -0.05) is 21.1 Å². The molecule has 1 aromatic carbocycles. The molecule has 4 nitrogen and oxygen atoms in total. The van der Waals surface area contributed by atoms with Gasteiger partial charge in [0.15, 0.2) is 0 Å². The van der Waals surface area contributed by atoms with Crippen molar-refractivity contribution in [3.8, 4) is 0 Å². The molecule has 1 N–H and O–H groups in total. The van der Waals surface area contributed by atoms with Crippen LogP contribution in [0.5, 0.6) is 0 Å². The van der Waals surface area contributed by atoms with Crippen LogP contribution < -0.4 is 0 Å². The highest BCUT2D eigenvalue weighted by Crippen LogP contribution is 2.24. The van der Waals surface area contributed by atoms with Crippen molar-refractivity contribution in [2.75, 3.05) is 0 Å². The second-order valence-corrected chi connectivity index (χ2v) is 5.45. The molecule has 0 fully saturated rings. The summed E-state index contributed by atoms with van der Waals surface area (Å²) in [6, 6.07) is 3.93. The first-order chi connectivity index (χ1) is 7.38. The van der Waals surface area contributed by atoms with E-state index < -0.39 is 5.60 Å². The molecule has 0 unspecified atom stereocenters. The largest absolute Gasteiger partial charge is 0.389 e. The van der Waals surface area contributed by atoms with Gasteiger partial charge in [0.1, 0.15) is 5.52 Å². The summed E-state index contributed by atoms with van der Waals surface area (Å²) in [5, 5.41) is 18.0. The Kier molecular flexibility index (Phi) is 2.75. The lowest BCUT2D eigenvalue weighted by atomic mass is 10.1. The van der Waals surface area contributed by atoms with Crippen molar-refractivity contribution in [3.05, 3.63) is 22.2 Å². The summed E-state index contributed by atoms with van der Waals surface area (Å²) in [6.07, 6.45) is 0. The second-order valence-electron chi connectivity index (χ2n) is 4.60. The summed E-state index contributed by atoms with van der Waals surface area (Å²) in [6.45, 7) is 5.94. The Bertz CT molecular complexity index is 528. The van der Waals surface area contributed by atoms with Crippen molar-refractivity contribution in [2.45, 2.75) is 32.9 Å². The van der Waals surface area contributed by atoms with Gasteiger partial charge in [-0.15, -0.1) is 5.10 Å². The topological polar surface area (TPSA) is 50.9 Å². The first kappa shape index (κ1) is 11.5. The first-order valence-electron chi connectivity index (χ1n) is 5.09. The minimum atomic E-state index is -0.790. The van der Waals surface area contributed by atoms with Gasteiger partial charge in [0.05, 0.1) is 17.7 Å². The van der Waals surface area contributed by atoms with Gasteiger partial charge in [-0.2, -0.15) is 0 Å². The Balaban J connectivity index is 2.54. The van der Waals surface area contributed by atoms with E-state index in [0.717, 1.165) is 21.1 Å². The summed E-state index contributed by atoms with van der Waals surface area (Å²) in [4.78, 5) is 0. The molecule has 2 aromatic rings. The van der Waals surface area contributed by atoms with Gasteiger partial charge in [0.2, 0.25) is 0 Å². The lowest BCUT2D eigenvalue weighted by molar-refractivity contribution is 0.0585. The number of hydrogen-bond acceptors (Lipinski definition) is 3. The molecule has 1 aromatic heterocycles. The third-order valence-electron chi connectivity index (χ3n) is 2.41. The van der Waals surface area contributed by atoms with Crippen LogP contribution in [0, 0.1) is 6.92 Å². The van der Waals surface area contributed by atoms with Crippen molar-refractivity contribution in [1.82, 2.24) is 15.0 Å². The predicted octanol–water partition coefficient (Wildman–Crippen LogP) is 2.27. The average Bonchev–Trinajstić information content (AvgIpc) is 2.53. The van der Waals surface area contributed by atoms with Gasteiger partial charge in [-0.05, 0) is 38.5 Å². The molecular formula is C11H14BrN3O. The zero-order valence-corrected chi connectivity index (χ0v) is 11.1. The Morgan fingerprint density at radius 1 is 1.44 bits per heavy atom. The third kappa shape index (κ3) is 2.10. The van der Waals surface area contributed by atoms with E-state index in [4.69, 9.17) is 0 Å². The maximum absolute atomic E-state index is 9.77. The van der Waals surface area contributed by atoms with Gasteiger partial charge in [-0.25, -0.2) is 4.68 Å². The molecule has 0 amide bonds. The molecule has 0 radical (unpaired) electrons. The molecule has 0 aliphatic carbocycles. The van der Waals surface area contributed by atoms with Crippen LogP contribution in [0.2, 0.25) is 0 Å². The van der Waals surface area contributed by atoms with Crippen LogP contribution in [0.25, 0.3) is 11.0 Å². The van der Waals surface area contributed by atoms with E-state index in [-0.39, 0.29) is 0 Å². The monoisotopic (exact) mass is 283 g/mol. The number of hydrogen-bond donors (Lipinski definition) is 1. The van der Waals surface area contributed by atoms with Crippen molar-refractivity contribution in [2.24, 2.45) is 0 Å². The molecule has 0 aliphatic rings. The number of nitrogens with zero attached hydrogens (tertiary/aromatic N) is 3. The van der Waals surface area contributed by atoms with Crippen LogP contribution in [-0.2, 0) is 6.54 Å². The number of halogens is 1. The zero-order valence-electron chi connectivity index (χ0n) is 9.53. The summed E-state index contributed by atoms with van der Waals surface area (Å²) in [5.74, 6) is 0. The summed E-state index contributed by atoms with van der Waals surface area (Å²) in [5.41, 5.74) is 2.10. The average molecular weight is 284 g/mol. The van der Waals surface area contributed by atoms with Crippen LogP contribution in [0.3, 0.4) is 0 Å². The van der Waals surface area contributed by atoms with Gasteiger partial charge in [0, 0.05) is 4.47 Å². The molecule has 86 valence electrons. The summed E-state index contributed by atoms with van der Waals surface area (Å²) < 4.78 is 2.75. The predicted molar refractivity (Wildman–Crippen MR) is 66.3 cm³/mol. The quantitative estimate of drug-likeness (QED) is 0.920. The fourth-order valence-corrected chi connectivity index (χ4v) is 1.95. The Labute approximate surface area is 102 Å². The van der Waals surface area contributed by atoms with E-state index in [1.807, 2.05) is 19.1 Å². The molecule has 0 saturated heterocycles. The molecule has 16 heavy (non-hydrogen) atoms. The van der Waals surface area contributed by atoms with E-state index in [9.17, 15) is 5.11 Å². The van der Waals surface area contributed by atoms with Crippen LogP contribution in [0.15, 0.2) is 16.6 Å². The van der Waals surface area contributed by atoms with Gasteiger partial charge < -0.3 is 5.11 Å². The molecule has 0 atom stereocenters. The minimum Gasteiger partial charge on any atom is -0.389 e. The fraction of sp³-hybridized carbons (Fsp3) is 0.455. The van der Waals surface area contributed by atoms with Crippen molar-refractivity contribution in [3.63, 3.8) is 0 Å². The molecule has 2 rings (SSSR count). The van der Waals surface area contributed by atoms with E-state index in [0.29, 0.717) is 6.54 Å². The first-order valence-corrected chi connectivity index (χ1v) is 5.88. The zero-order chi connectivity index (χ0) is 11.9. The minimum absolute atomic E-state index is 0.435. The van der Waals surface area contributed by atoms with Gasteiger partial charge in [0.25, 0.3) is 0 Å². The maximum Gasteiger partial charge on any atom is 0.117 e. The van der Waals surface area contributed by atoms with Gasteiger partial charge in [-0.3, -0.25) is 0 Å². The Morgan fingerprint density at radius 3 is 2.75 bits per heavy atom. The summed E-state index contributed by atoms with van der Waals surface area (Å²) in [7, 11) is 0. The van der Waals surface area contributed by atoms with E-state index in [1.54, 1.807) is 18.5 Å². The number of fused-ring (bicyclic) bond motifs is 1. The lowest BCUT2D eigenvalue weighted by Gasteiger charge is -2.16. The highest BCUT2D eigenvalue weighted by atomic mass is 79.9. The molecule has 0 bridgehead atoms. The van der Waals surface area contributed by atoms with E-state index >= 15 is 0 Å². The normalized spacial score (nSPS) is 12.3. The highest BCUT2D eigenvalue weighted by molar-refractivity contribution is 9.10. The van der Waals surface area contributed by atoms with Crippen molar-refractivity contribution in [1.29, 1.82) is 0 Å². The number of aromatic nitrogens is 3. The molecule has 1 heterocycles. The fourth-order valence-electron chi connectivity index (χ4n) is 1.63. The van der Waals surface area contributed by atoms with Crippen LogP contribution in [-0.4, -0.2) is 25.7 Å². The number of benzene rings is 1.